The second-order valence-electron chi connectivity index (χ2n) is 7.76. The van der Waals surface area contributed by atoms with Crippen LogP contribution in [0.2, 0.25) is 0 Å². The molecule has 0 saturated carbocycles. The minimum absolute atomic E-state index is 0.0000532. The van der Waals surface area contributed by atoms with E-state index in [4.69, 9.17) is 4.74 Å². The minimum Gasteiger partial charge on any atom is -0.497 e. The van der Waals surface area contributed by atoms with Gasteiger partial charge in [-0.3, -0.25) is 4.79 Å². The molecule has 0 spiro atoms. The van der Waals surface area contributed by atoms with E-state index in [1.165, 1.54) is 12.1 Å². The van der Waals surface area contributed by atoms with E-state index in [1.54, 1.807) is 23.9 Å². The zero-order valence-corrected chi connectivity index (χ0v) is 18.1. The standard InChI is InChI=1S/C24H27FN4O2/c1-17-23(18(2)29(26-17)21-7-5-19(25)6-8-21)24(30)28-14-4-13-27(15-16-28)20-9-11-22(31-3)12-10-20/h5-12H,4,13-16H2,1-3H3. The summed E-state index contributed by atoms with van der Waals surface area (Å²) >= 11 is 0. The number of halogens is 1. The van der Waals surface area contributed by atoms with Gasteiger partial charge in [0.1, 0.15) is 11.6 Å². The number of methoxy groups -OCH3 is 1. The van der Waals surface area contributed by atoms with Crippen molar-refractivity contribution in [2.75, 3.05) is 38.2 Å². The van der Waals surface area contributed by atoms with Crippen LogP contribution in [0.15, 0.2) is 48.5 Å². The van der Waals surface area contributed by atoms with E-state index in [0.717, 1.165) is 42.3 Å². The van der Waals surface area contributed by atoms with Crippen molar-refractivity contribution in [1.29, 1.82) is 0 Å². The van der Waals surface area contributed by atoms with E-state index in [0.29, 0.717) is 24.3 Å². The molecule has 1 aliphatic rings. The number of amides is 1. The molecule has 1 aromatic heterocycles. The summed E-state index contributed by atoms with van der Waals surface area (Å²) in [7, 11) is 1.66. The highest BCUT2D eigenvalue weighted by Crippen LogP contribution is 2.23. The van der Waals surface area contributed by atoms with Crippen LogP contribution < -0.4 is 9.64 Å². The smallest absolute Gasteiger partial charge is 0.257 e. The van der Waals surface area contributed by atoms with Crippen LogP contribution in [-0.2, 0) is 0 Å². The van der Waals surface area contributed by atoms with Crippen LogP contribution >= 0.6 is 0 Å². The molecule has 0 atom stereocenters. The van der Waals surface area contributed by atoms with Crippen molar-refractivity contribution in [2.24, 2.45) is 0 Å². The molecule has 0 bridgehead atoms. The van der Waals surface area contributed by atoms with E-state index < -0.39 is 0 Å². The van der Waals surface area contributed by atoms with Gasteiger partial charge in [-0.2, -0.15) is 5.10 Å². The Labute approximate surface area is 181 Å². The first-order chi connectivity index (χ1) is 15.0. The second kappa shape index (κ2) is 8.79. The average molecular weight is 423 g/mol. The Hall–Kier alpha value is -3.35. The van der Waals surface area contributed by atoms with Crippen LogP contribution in [0, 0.1) is 19.7 Å². The van der Waals surface area contributed by atoms with E-state index in [9.17, 15) is 9.18 Å². The van der Waals surface area contributed by atoms with E-state index in [2.05, 4.69) is 22.1 Å². The normalized spacial score (nSPS) is 14.5. The van der Waals surface area contributed by atoms with E-state index >= 15 is 0 Å². The lowest BCUT2D eigenvalue weighted by Crippen LogP contribution is -2.35. The van der Waals surface area contributed by atoms with Gasteiger partial charge in [-0.05, 0) is 68.8 Å². The summed E-state index contributed by atoms with van der Waals surface area (Å²) in [5.41, 5.74) is 3.95. The van der Waals surface area contributed by atoms with Gasteiger partial charge in [-0.25, -0.2) is 9.07 Å². The largest absolute Gasteiger partial charge is 0.497 e. The maximum absolute atomic E-state index is 13.4. The van der Waals surface area contributed by atoms with Crippen molar-refractivity contribution in [3.8, 4) is 11.4 Å². The van der Waals surface area contributed by atoms with Gasteiger partial charge in [0.05, 0.1) is 29.7 Å². The molecule has 4 rings (SSSR count). The summed E-state index contributed by atoms with van der Waals surface area (Å²) < 4.78 is 20.2. The first-order valence-corrected chi connectivity index (χ1v) is 10.5. The van der Waals surface area contributed by atoms with E-state index in [-0.39, 0.29) is 11.7 Å². The lowest BCUT2D eigenvalue weighted by Gasteiger charge is -2.24. The number of aromatic nitrogens is 2. The third-order valence-corrected chi connectivity index (χ3v) is 5.80. The van der Waals surface area contributed by atoms with Crippen molar-refractivity contribution < 1.29 is 13.9 Å². The highest BCUT2D eigenvalue weighted by Gasteiger charge is 2.26. The van der Waals surface area contributed by atoms with Gasteiger partial charge in [0, 0.05) is 31.9 Å². The maximum Gasteiger partial charge on any atom is 0.257 e. The number of aryl methyl sites for hydroxylation is 1. The van der Waals surface area contributed by atoms with Crippen LogP contribution in [0.3, 0.4) is 0 Å². The number of anilines is 1. The third kappa shape index (κ3) is 4.26. The fourth-order valence-electron chi connectivity index (χ4n) is 4.12. The number of carbonyl (C=O) groups excluding carboxylic acids is 1. The first-order valence-electron chi connectivity index (χ1n) is 10.5. The van der Waals surface area contributed by atoms with Gasteiger partial charge in [0.25, 0.3) is 5.91 Å². The highest BCUT2D eigenvalue weighted by molar-refractivity contribution is 5.96. The number of ether oxygens (including phenoxy) is 1. The summed E-state index contributed by atoms with van der Waals surface area (Å²) in [6.07, 6.45) is 0.891. The van der Waals surface area contributed by atoms with Crippen LogP contribution in [0.5, 0.6) is 5.75 Å². The van der Waals surface area contributed by atoms with E-state index in [1.807, 2.05) is 30.9 Å². The number of benzene rings is 2. The molecule has 2 heterocycles. The third-order valence-electron chi connectivity index (χ3n) is 5.80. The maximum atomic E-state index is 13.4. The molecule has 0 unspecified atom stereocenters. The molecule has 31 heavy (non-hydrogen) atoms. The molecular weight excluding hydrogens is 395 g/mol. The molecule has 0 radical (unpaired) electrons. The summed E-state index contributed by atoms with van der Waals surface area (Å²) in [5.74, 6) is 0.534. The van der Waals surface area contributed by atoms with Crippen molar-refractivity contribution >= 4 is 11.6 Å². The Morgan fingerprint density at radius 3 is 2.29 bits per heavy atom. The lowest BCUT2D eigenvalue weighted by molar-refractivity contribution is 0.0765. The Kier molecular flexibility index (Phi) is 5.93. The van der Waals surface area contributed by atoms with Gasteiger partial charge in [0.2, 0.25) is 0 Å². The fourth-order valence-corrected chi connectivity index (χ4v) is 4.12. The molecule has 2 aromatic carbocycles. The Morgan fingerprint density at radius 2 is 1.61 bits per heavy atom. The summed E-state index contributed by atoms with van der Waals surface area (Å²) in [5, 5.41) is 4.55. The van der Waals surface area contributed by atoms with Crippen LogP contribution in [0.25, 0.3) is 5.69 Å². The highest BCUT2D eigenvalue weighted by atomic mass is 19.1. The molecular formula is C24H27FN4O2. The van der Waals surface area contributed by atoms with Crippen molar-refractivity contribution in [1.82, 2.24) is 14.7 Å². The summed E-state index contributed by atoms with van der Waals surface area (Å²) in [4.78, 5) is 17.6. The predicted octanol–water partition coefficient (Wildman–Crippen LogP) is 3.99. The minimum atomic E-state index is -0.299. The monoisotopic (exact) mass is 422 g/mol. The van der Waals surface area contributed by atoms with Gasteiger partial charge >= 0.3 is 0 Å². The molecule has 7 heteroatoms. The Balaban J connectivity index is 1.51. The summed E-state index contributed by atoms with van der Waals surface area (Å²) in [6.45, 7) is 6.74. The SMILES string of the molecule is COc1ccc(N2CCCN(C(=O)c3c(C)nn(-c4ccc(F)cc4)c3C)CC2)cc1. The topological polar surface area (TPSA) is 50.6 Å². The van der Waals surface area contributed by atoms with Crippen molar-refractivity contribution in [3.63, 3.8) is 0 Å². The van der Waals surface area contributed by atoms with Crippen molar-refractivity contribution in [2.45, 2.75) is 20.3 Å². The molecule has 1 aliphatic heterocycles. The van der Waals surface area contributed by atoms with Crippen LogP contribution in [0.4, 0.5) is 10.1 Å². The average Bonchev–Trinajstić information content (AvgIpc) is 2.95. The summed E-state index contributed by atoms with van der Waals surface area (Å²) in [6, 6.07) is 14.2. The molecule has 1 amide bonds. The molecule has 6 nitrogen and oxygen atoms in total. The molecule has 0 N–H and O–H groups in total. The molecule has 0 aliphatic carbocycles. The van der Waals surface area contributed by atoms with Crippen molar-refractivity contribution in [3.05, 3.63) is 71.3 Å². The lowest BCUT2D eigenvalue weighted by atomic mass is 10.1. The second-order valence-corrected chi connectivity index (χ2v) is 7.76. The number of carbonyl (C=O) groups is 1. The number of hydrogen-bond donors (Lipinski definition) is 0. The number of hydrogen-bond acceptors (Lipinski definition) is 4. The fraction of sp³-hybridized carbons (Fsp3) is 0.333. The first kappa shape index (κ1) is 20.9. The molecule has 1 fully saturated rings. The zero-order valence-electron chi connectivity index (χ0n) is 18.1. The molecule has 3 aromatic rings. The molecule has 1 saturated heterocycles. The quantitative estimate of drug-likeness (QED) is 0.638. The van der Waals surface area contributed by atoms with Gasteiger partial charge in [-0.15, -0.1) is 0 Å². The zero-order chi connectivity index (χ0) is 22.0. The Morgan fingerprint density at radius 1 is 0.935 bits per heavy atom. The van der Waals surface area contributed by atoms with Gasteiger partial charge in [0.15, 0.2) is 0 Å². The number of nitrogens with zero attached hydrogens (tertiary/aromatic N) is 4. The molecule has 162 valence electrons. The van der Waals surface area contributed by atoms with Gasteiger partial charge in [-0.1, -0.05) is 0 Å². The van der Waals surface area contributed by atoms with Crippen LogP contribution in [0.1, 0.15) is 28.2 Å². The Bertz CT molecular complexity index is 1060. The number of rotatable bonds is 4. The van der Waals surface area contributed by atoms with Crippen LogP contribution in [-0.4, -0.2) is 53.9 Å². The van der Waals surface area contributed by atoms with Gasteiger partial charge < -0.3 is 14.5 Å². The predicted molar refractivity (Wildman–Crippen MR) is 119 cm³/mol.